The van der Waals surface area contributed by atoms with Crippen LogP contribution in [0.1, 0.15) is 38.4 Å². The zero-order valence-corrected chi connectivity index (χ0v) is 11.2. The number of rotatable bonds is 5. The van der Waals surface area contributed by atoms with Gasteiger partial charge in [0.25, 0.3) is 0 Å². The third-order valence-corrected chi connectivity index (χ3v) is 3.43. The highest BCUT2D eigenvalue weighted by Crippen LogP contribution is 2.12. The van der Waals surface area contributed by atoms with E-state index in [9.17, 15) is 0 Å². The third-order valence-electron chi connectivity index (χ3n) is 3.43. The van der Waals surface area contributed by atoms with Gasteiger partial charge in [0.15, 0.2) is 0 Å². The Kier molecular flexibility index (Phi) is 4.18. The summed E-state index contributed by atoms with van der Waals surface area (Å²) < 4.78 is 2.25. The van der Waals surface area contributed by atoms with E-state index in [0.29, 0.717) is 12.1 Å². The van der Waals surface area contributed by atoms with Gasteiger partial charge in [0, 0.05) is 31.4 Å². The van der Waals surface area contributed by atoms with Crippen LogP contribution in [0.4, 0.5) is 0 Å². The van der Waals surface area contributed by atoms with Gasteiger partial charge in [-0.05, 0) is 40.3 Å². The Balaban J connectivity index is 1.88. The molecule has 4 heteroatoms. The van der Waals surface area contributed by atoms with Crippen molar-refractivity contribution >= 4 is 0 Å². The van der Waals surface area contributed by atoms with E-state index < -0.39 is 0 Å². The van der Waals surface area contributed by atoms with E-state index in [4.69, 9.17) is 0 Å². The molecule has 0 bridgehead atoms. The molecule has 4 nitrogen and oxygen atoms in total. The SMILES string of the molecule is CC(C)n1cncc1CN(C)CC1CCCN1. The van der Waals surface area contributed by atoms with E-state index in [2.05, 4.69) is 40.7 Å². The van der Waals surface area contributed by atoms with Gasteiger partial charge in [-0.25, -0.2) is 4.98 Å². The molecule has 1 saturated heterocycles. The second-order valence-corrected chi connectivity index (χ2v) is 5.38. The maximum atomic E-state index is 4.25. The van der Waals surface area contributed by atoms with Crippen LogP contribution >= 0.6 is 0 Å². The van der Waals surface area contributed by atoms with Crippen molar-refractivity contribution in [3.8, 4) is 0 Å². The van der Waals surface area contributed by atoms with Gasteiger partial charge in [0.1, 0.15) is 0 Å². The highest BCUT2D eigenvalue weighted by atomic mass is 15.2. The van der Waals surface area contributed by atoms with Crippen LogP contribution in [-0.2, 0) is 6.54 Å². The summed E-state index contributed by atoms with van der Waals surface area (Å²) in [5.74, 6) is 0. The molecule has 1 unspecified atom stereocenters. The summed E-state index contributed by atoms with van der Waals surface area (Å²) in [5, 5.41) is 3.54. The Morgan fingerprint density at radius 1 is 1.59 bits per heavy atom. The normalized spacial score (nSPS) is 20.6. The molecular weight excluding hydrogens is 212 g/mol. The first-order chi connectivity index (χ1) is 8.16. The van der Waals surface area contributed by atoms with E-state index in [1.165, 1.54) is 25.1 Å². The highest BCUT2D eigenvalue weighted by Gasteiger charge is 2.16. The first-order valence-electron chi connectivity index (χ1n) is 6.59. The van der Waals surface area contributed by atoms with Crippen LogP contribution in [0.25, 0.3) is 0 Å². The molecule has 1 aliphatic rings. The Morgan fingerprint density at radius 2 is 2.41 bits per heavy atom. The molecule has 0 saturated carbocycles. The molecule has 0 aliphatic carbocycles. The minimum atomic E-state index is 0.491. The lowest BCUT2D eigenvalue weighted by Crippen LogP contribution is -2.35. The standard InChI is InChI=1S/C13H24N4/c1-11(2)17-10-14-7-13(17)9-16(3)8-12-5-4-6-15-12/h7,10-12,15H,4-6,8-9H2,1-3H3. The van der Waals surface area contributed by atoms with Gasteiger partial charge in [-0.1, -0.05) is 0 Å². The lowest BCUT2D eigenvalue weighted by molar-refractivity contribution is 0.284. The molecule has 17 heavy (non-hydrogen) atoms. The van der Waals surface area contributed by atoms with Crippen molar-refractivity contribution in [3.63, 3.8) is 0 Å². The lowest BCUT2D eigenvalue weighted by atomic mass is 10.2. The number of hydrogen-bond acceptors (Lipinski definition) is 3. The molecule has 1 N–H and O–H groups in total. The Bertz CT molecular complexity index is 339. The molecule has 1 aliphatic heterocycles. The maximum Gasteiger partial charge on any atom is 0.0951 e. The Morgan fingerprint density at radius 3 is 3.06 bits per heavy atom. The summed E-state index contributed by atoms with van der Waals surface area (Å²) in [6.07, 6.45) is 6.55. The summed E-state index contributed by atoms with van der Waals surface area (Å²) in [6.45, 7) is 7.69. The molecule has 2 heterocycles. The fourth-order valence-corrected chi connectivity index (χ4v) is 2.55. The summed E-state index contributed by atoms with van der Waals surface area (Å²) in [5.41, 5.74) is 1.31. The number of hydrogen-bond donors (Lipinski definition) is 1. The van der Waals surface area contributed by atoms with E-state index in [1.54, 1.807) is 0 Å². The number of nitrogens with zero attached hydrogens (tertiary/aromatic N) is 3. The Hall–Kier alpha value is -0.870. The van der Waals surface area contributed by atoms with Crippen LogP contribution in [0.3, 0.4) is 0 Å². The number of nitrogens with one attached hydrogen (secondary N) is 1. The van der Waals surface area contributed by atoms with Gasteiger partial charge < -0.3 is 9.88 Å². The molecule has 1 aromatic heterocycles. The van der Waals surface area contributed by atoms with Crippen LogP contribution in [0.5, 0.6) is 0 Å². The molecule has 0 amide bonds. The smallest absolute Gasteiger partial charge is 0.0951 e. The third kappa shape index (κ3) is 3.30. The summed E-state index contributed by atoms with van der Waals surface area (Å²) >= 11 is 0. The van der Waals surface area contributed by atoms with E-state index in [1.807, 2.05) is 12.5 Å². The summed E-state index contributed by atoms with van der Waals surface area (Å²) in [7, 11) is 2.19. The van der Waals surface area contributed by atoms with E-state index in [-0.39, 0.29) is 0 Å². The van der Waals surface area contributed by atoms with Crippen LogP contribution in [0.15, 0.2) is 12.5 Å². The average molecular weight is 236 g/mol. The predicted molar refractivity (Wildman–Crippen MR) is 70.0 cm³/mol. The monoisotopic (exact) mass is 236 g/mol. The zero-order chi connectivity index (χ0) is 12.3. The summed E-state index contributed by atoms with van der Waals surface area (Å²) in [6, 6.07) is 1.17. The first-order valence-corrected chi connectivity index (χ1v) is 6.59. The molecular formula is C13H24N4. The van der Waals surface area contributed by atoms with Crippen LogP contribution in [0, 0.1) is 0 Å². The summed E-state index contributed by atoms with van der Waals surface area (Å²) in [4.78, 5) is 6.64. The van der Waals surface area contributed by atoms with Gasteiger partial charge in [0.2, 0.25) is 0 Å². The van der Waals surface area contributed by atoms with Gasteiger partial charge in [-0.3, -0.25) is 4.90 Å². The average Bonchev–Trinajstić information content (AvgIpc) is 2.88. The van der Waals surface area contributed by atoms with E-state index in [0.717, 1.165) is 13.1 Å². The minimum Gasteiger partial charge on any atom is -0.331 e. The quantitative estimate of drug-likeness (QED) is 0.844. The number of likely N-dealkylation sites (N-methyl/N-ethyl adjacent to an activating group) is 1. The second kappa shape index (κ2) is 5.65. The number of imidazole rings is 1. The number of aromatic nitrogens is 2. The van der Waals surface area contributed by atoms with Crippen molar-refractivity contribution in [2.75, 3.05) is 20.1 Å². The van der Waals surface area contributed by atoms with Crippen LogP contribution in [0.2, 0.25) is 0 Å². The fraction of sp³-hybridized carbons (Fsp3) is 0.769. The molecule has 0 radical (unpaired) electrons. The zero-order valence-electron chi connectivity index (χ0n) is 11.2. The maximum absolute atomic E-state index is 4.25. The van der Waals surface area contributed by atoms with E-state index >= 15 is 0 Å². The topological polar surface area (TPSA) is 33.1 Å². The fourth-order valence-electron chi connectivity index (χ4n) is 2.55. The molecule has 1 aromatic rings. The first kappa shape index (κ1) is 12.6. The molecule has 96 valence electrons. The minimum absolute atomic E-state index is 0.491. The van der Waals surface area contributed by atoms with Crippen LogP contribution in [-0.4, -0.2) is 40.6 Å². The van der Waals surface area contributed by atoms with Gasteiger partial charge >= 0.3 is 0 Å². The largest absolute Gasteiger partial charge is 0.331 e. The van der Waals surface area contributed by atoms with Crippen molar-refractivity contribution in [1.29, 1.82) is 0 Å². The van der Waals surface area contributed by atoms with Crippen molar-refractivity contribution in [1.82, 2.24) is 19.8 Å². The molecule has 1 fully saturated rings. The Labute approximate surface area is 104 Å². The van der Waals surface area contributed by atoms with Crippen molar-refractivity contribution in [3.05, 3.63) is 18.2 Å². The van der Waals surface area contributed by atoms with Crippen LogP contribution < -0.4 is 5.32 Å². The lowest BCUT2D eigenvalue weighted by Gasteiger charge is -2.22. The van der Waals surface area contributed by atoms with Gasteiger partial charge in [-0.2, -0.15) is 0 Å². The van der Waals surface area contributed by atoms with Gasteiger partial charge in [-0.15, -0.1) is 0 Å². The van der Waals surface area contributed by atoms with Crippen molar-refractivity contribution in [2.24, 2.45) is 0 Å². The molecule has 1 atom stereocenters. The molecule has 0 spiro atoms. The molecule has 0 aromatic carbocycles. The van der Waals surface area contributed by atoms with Crippen molar-refractivity contribution < 1.29 is 0 Å². The predicted octanol–water partition coefficient (Wildman–Crippen LogP) is 1.65. The highest BCUT2D eigenvalue weighted by molar-refractivity contribution is 4.99. The van der Waals surface area contributed by atoms with Gasteiger partial charge in [0.05, 0.1) is 12.0 Å². The molecule has 2 rings (SSSR count). The van der Waals surface area contributed by atoms with Crippen molar-refractivity contribution in [2.45, 2.75) is 45.3 Å². The second-order valence-electron chi connectivity index (χ2n) is 5.38.